The third kappa shape index (κ3) is 4.17. The normalized spacial score (nSPS) is 12.3. The predicted molar refractivity (Wildman–Crippen MR) is 84.2 cm³/mol. The molecule has 3 heteroatoms. The van der Waals surface area contributed by atoms with E-state index in [0.717, 1.165) is 11.1 Å². The van der Waals surface area contributed by atoms with E-state index in [1.807, 2.05) is 54.6 Å². The summed E-state index contributed by atoms with van der Waals surface area (Å²) in [7, 11) is 0. The Hall–Kier alpha value is -2.13. The highest BCUT2D eigenvalue weighted by molar-refractivity contribution is 5.75. The Kier molecular flexibility index (Phi) is 5.12. The first-order valence-electron chi connectivity index (χ1n) is 7.18. The largest absolute Gasteiger partial charge is 0.480 e. The predicted octanol–water partition coefficient (Wildman–Crippen LogP) is 3.73. The molecule has 0 heterocycles. The van der Waals surface area contributed by atoms with Gasteiger partial charge in [-0.1, -0.05) is 68.4 Å². The molecule has 0 fully saturated rings. The summed E-state index contributed by atoms with van der Waals surface area (Å²) in [5, 5.41) is 12.5. The second-order valence-electron chi connectivity index (χ2n) is 5.46. The van der Waals surface area contributed by atoms with Crippen LogP contribution in [-0.4, -0.2) is 11.1 Å². The van der Waals surface area contributed by atoms with Gasteiger partial charge < -0.3 is 5.11 Å². The smallest absolute Gasteiger partial charge is 0.325 e. The minimum atomic E-state index is -0.858. The quantitative estimate of drug-likeness (QED) is 0.849. The minimum Gasteiger partial charge on any atom is -0.480 e. The van der Waals surface area contributed by atoms with Crippen LogP contribution >= 0.6 is 0 Å². The summed E-state index contributed by atoms with van der Waals surface area (Å²) in [6.07, 6.45) is 0. The van der Waals surface area contributed by atoms with E-state index in [0.29, 0.717) is 12.5 Å². The molecule has 0 unspecified atom stereocenters. The van der Waals surface area contributed by atoms with Gasteiger partial charge in [0, 0.05) is 6.54 Å². The maximum Gasteiger partial charge on any atom is 0.325 e. The first kappa shape index (κ1) is 15.3. The SMILES string of the molecule is CC(C)c1ccc([C@@H](NCc2ccccc2)C(=O)O)cc1. The van der Waals surface area contributed by atoms with Gasteiger partial charge in [0.25, 0.3) is 0 Å². The number of benzene rings is 2. The van der Waals surface area contributed by atoms with Gasteiger partial charge in [-0.05, 0) is 22.6 Å². The number of hydrogen-bond donors (Lipinski definition) is 2. The fourth-order valence-corrected chi connectivity index (χ4v) is 2.24. The highest BCUT2D eigenvalue weighted by atomic mass is 16.4. The molecule has 2 aromatic carbocycles. The summed E-state index contributed by atoms with van der Waals surface area (Å²) in [5.41, 5.74) is 3.07. The van der Waals surface area contributed by atoms with Crippen LogP contribution in [0.25, 0.3) is 0 Å². The molecule has 0 saturated heterocycles. The molecule has 0 aliphatic heterocycles. The average molecular weight is 283 g/mol. The van der Waals surface area contributed by atoms with Crippen molar-refractivity contribution < 1.29 is 9.90 Å². The van der Waals surface area contributed by atoms with E-state index in [-0.39, 0.29) is 0 Å². The third-order valence-electron chi connectivity index (χ3n) is 3.54. The topological polar surface area (TPSA) is 49.3 Å². The Bertz CT molecular complexity index is 576. The van der Waals surface area contributed by atoms with Crippen LogP contribution in [0, 0.1) is 0 Å². The van der Waals surface area contributed by atoms with E-state index >= 15 is 0 Å². The van der Waals surface area contributed by atoms with E-state index < -0.39 is 12.0 Å². The molecule has 0 bridgehead atoms. The van der Waals surface area contributed by atoms with Gasteiger partial charge in [0.15, 0.2) is 0 Å². The molecule has 2 rings (SSSR count). The van der Waals surface area contributed by atoms with Gasteiger partial charge in [-0.3, -0.25) is 10.1 Å². The van der Waals surface area contributed by atoms with Crippen molar-refractivity contribution >= 4 is 5.97 Å². The van der Waals surface area contributed by atoms with Crippen molar-refractivity contribution in [1.82, 2.24) is 5.32 Å². The summed E-state index contributed by atoms with van der Waals surface area (Å²) in [6, 6.07) is 16.9. The van der Waals surface area contributed by atoms with Gasteiger partial charge in [0.2, 0.25) is 0 Å². The lowest BCUT2D eigenvalue weighted by molar-refractivity contribution is -0.139. The lowest BCUT2D eigenvalue weighted by Crippen LogP contribution is -2.28. The summed E-state index contributed by atoms with van der Waals surface area (Å²) < 4.78 is 0. The maximum atomic E-state index is 11.5. The zero-order valence-corrected chi connectivity index (χ0v) is 12.4. The summed E-state index contributed by atoms with van der Waals surface area (Å²) in [6.45, 7) is 4.78. The lowest BCUT2D eigenvalue weighted by Gasteiger charge is -2.16. The van der Waals surface area contributed by atoms with E-state index in [4.69, 9.17) is 0 Å². The van der Waals surface area contributed by atoms with Gasteiger partial charge in [0.1, 0.15) is 6.04 Å². The molecule has 2 N–H and O–H groups in total. The Morgan fingerprint density at radius 3 is 2.10 bits per heavy atom. The van der Waals surface area contributed by atoms with Crippen LogP contribution < -0.4 is 5.32 Å². The molecule has 0 aromatic heterocycles. The summed E-state index contributed by atoms with van der Waals surface area (Å²) in [4.78, 5) is 11.5. The van der Waals surface area contributed by atoms with Gasteiger partial charge in [-0.25, -0.2) is 0 Å². The lowest BCUT2D eigenvalue weighted by atomic mass is 9.99. The first-order chi connectivity index (χ1) is 10.1. The van der Waals surface area contributed by atoms with Gasteiger partial charge >= 0.3 is 5.97 Å². The fraction of sp³-hybridized carbons (Fsp3) is 0.278. The minimum absolute atomic E-state index is 0.444. The van der Waals surface area contributed by atoms with Crippen molar-refractivity contribution in [3.8, 4) is 0 Å². The summed E-state index contributed by atoms with van der Waals surface area (Å²) >= 11 is 0. The summed E-state index contributed by atoms with van der Waals surface area (Å²) in [5.74, 6) is -0.414. The number of carbonyl (C=O) groups is 1. The zero-order valence-electron chi connectivity index (χ0n) is 12.4. The molecule has 0 aliphatic carbocycles. The van der Waals surface area contributed by atoms with E-state index in [1.54, 1.807) is 0 Å². The molecular weight excluding hydrogens is 262 g/mol. The Labute approximate surface area is 125 Å². The first-order valence-corrected chi connectivity index (χ1v) is 7.18. The third-order valence-corrected chi connectivity index (χ3v) is 3.54. The van der Waals surface area contributed by atoms with Crippen LogP contribution in [0.1, 0.15) is 42.5 Å². The molecular formula is C18H21NO2. The number of nitrogens with one attached hydrogen (secondary N) is 1. The highest BCUT2D eigenvalue weighted by Crippen LogP contribution is 2.19. The van der Waals surface area contributed by atoms with Crippen molar-refractivity contribution in [3.63, 3.8) is 0 Å². The fourth-order valence-electron chi connectivity index (χ4n) is 2.24. The van der Waals surface area contributed by atoms with Crippen LogP contribution in [0.4, 0.5) is 0 Å². The highest BCUT2D eigenvalue weighted by Gasteiger charge is 2.19. The Morgan fingerprint density at radius 1 is 1.00 bits per heavy atom. The van der Waals surface area contributed by atoms with Crippen LogP contribution in [0.15, 0.2) is 54.6 Å². The standard InChI is InChI=1S/C18H21NO2/c1-13(2)15-8-10-16(11-9-15)17(18(20)21)19-12-14-6-4-3-5-7-14/h3-11,13,17,19H,12H2,1-2H3,(H,20,21)/t17-/m1/s1. The number of hydrogen-bond acceptors (Lipinski definition) is 2. The van der Waals surface area contributed by atoms with Gasteiger partial charge in [0.05, 0.1) is 0 Å². The molecule has 1 atom stereocenters. The van der Waals surface area contributed by atoms with Crippen molar-refractivity contribution in [1.29, 1.82) is 0 Å². The van der Waals surface area contributed by atoms with Crippen molar-refractivity contribution in [2.45, 2.75) is 32.4 Å². The number of aliphatic carboxylic acids is 1. The molecule has 0 aliphatic rings. The molecule has 21 heavy (non-hydrogen) atoms. The number of carboxylic acid groups (broad SMARTS) is 1. The van der Waals surface area contributed by atoms with Gasteiger partial charge in [-0.15, -0.1) is 0 Å². The second-order valence-corrected chi connectivity index (χ2v) is 5.46. The number of carboxylic acids is 1. The Balaban J connectivity index is 2.10. The van der Waals surface area contributed by atoms with Crippen LogP contribution in [0.5, 0.6) is 0 Å². The molecule has 0 radical (unpaired) electrons. The van der Waals surface area contributed by atoms with E-state index in [2.05, 4.69) is 19.2 Å². The van der Waals surface area contributed by atoms with E-state index in [9.17, 15) is 9.90 Å². The Morgan fingerprint density at radius 2 is 1.57 bits per heavy atom. The molecule has 2 aromatic rings. The molecule has 3 nitrogen and oxygen atoms in total. The zero-order chi connectivity index (χ0) is 15.2. The number of rotatable bonds is 6. The molecule has 0 amide bonds. The van der Waals surface area contributed by atoms with Crippen LogP contribution in [0.2, 0.25) is 0 Å². The van der Waals surface area contributed by atoms with Crippen molar-refractivity contribution in [2.75, 3.05) is 0 Å². The second kappa shape index (κ2) is 7.04. The molecule has 0 saturated carbocycles. The van der Waals surface area contributed by atoms with Crippen LogP contribution in [-0.2, 0) is 11.3 Å². The van der Waals surface area contributed by atoms with Crippen LogP contribution in [0.3, 0.4) is 0 Å². The average Bonchev–Trinajstić information content (AvgIpc) is 2.48. The van der Waals surface area contributed by atoms with Gasteiger partial charge in [-0.2, -0.15) is 0 Å². The monoisotopic (exact) mass is 283 g/mol. The molecule has 0 spiro atoms. The maximum absolute atomic E-state index is 11.5. The van der Waals surface area contributed by atoms with E-state index in [1.165, 1.54) is 5.56 Å². The molecule has 110 valence electrons. The van der Waals surface area contributed by atoms with Crippen molar-refractivity contribution in [3.05, 3.63) is 71.3 Å². The van der Waals surface area contributed by atoms with Crippen molar-refractivity contribution in [2.24, 2.45) is 0 Å².